The van der Waals surface area contributed by atoms with Crippen LogP contribution in [0, 0.1) is 10.8 Å². The van der Waals surface area contributed by atoms with Gasteiger partial charge in [0.05, 0.1) is 0 Å². The van der Waals surface area contributed by atoms with Gasteiger partial charge in [-0.1, -0.05) is 46.7 Å². The molecule has 21 heavy (non-hydrogen) atoms. The van der Waals surface area contributed by atoms with E-state index in [1.165, 1.54) is 0 Å². The van der Waals surface area contributed by atoms with Crippen LogP contribution in [-0.2, 0) is 4.84 Å². The van der Waals surface area contributed by atoms with Crippen molar-refractivity contribution in [2.45, 2.75) is 94.2 Å². The Morgan fingerprint density at radius 2 is 1.24 bits per heavy atom. The molecule has 3 nitrogen and oxygen atoms in total. The number of hydrogen-bond acceptors (Lipinski definition) is 3. The van der Waals surface area contributed by atoms with Crippen molar-refractivity contribution in [1.82, 2.24) is 5.32 Å². The van der Waals surface area contributed by atoms with Crippen LogP contribution in [0.15, 0.2) is 5.16 Å². The molecule has 0 fully saturated rings. The molecule has 0 amide bonds. The zero-order valence-corrected chi connectivity index (χ0v) is 16.6. The second kappa shape index (κ2) is 8.17. The van der Waals surface area contributed by atoms with Crippen LogP contribution in [0.5, 0.6) is 0 Å². The standard InChI is InChI=1S/C9H19NO.C9H21N/c1-8(2,3)7-10-11-9(4,5)6;1-8(2,3)7-10-9(4,5)6/h7H,1-6H3;10H,7H2,1-6H3/b10-7+;. The zero-order chi connectivity index (χ0) is 17.5. The lowest BCUT2D eigenvalue weighted by atomic mass is 9.95. The molecule has 128 valence electrons. The largest absolute Gasteiger partial charge is 0.390 e. The Morgan fingerprint density at radius 3 is 1.43 bits per heavy atom. The molecule has 0 aromatic heterocycles. The highest BCUT2D eigenvalue weighted by atomic mass is 16.6. The van der Waals surface area contributed by atoms with Crippen molar-refractivity contribution in [3.8, 4) is 0 Å². The highest BCUT2D eigenvalue weighted by molar-refractivity contribution is 5.63. The van der Waals surface area contributed by atoms with E-state index in [-0.39, 0.29) is 16.6 Å². The van der Waals surface area contributed by atoms with Gasteiger partial charge in [-0.3, -0.25) is 0 Å². The van der Waals surface area contributed by atoms with Crippen LogP contribution in [0.1, 0.15) is 83.1 Å². The summed E-state index contributed by atoms with van der Waals surface area (Å²) in [5.41, 5.74) is 0.577. The lowest BCUT2D eigenvalue weighted by Crippen LogP contribution is -2.40. The summed E-state index contributed by atoms with van der Waals surface area (Å²) in [6.45, 7) is 26.6. The summed E-state index contributed by atoms with van der Waals surface area (Å²) >= 11 is 0. The van der Waals surface area contributed by atoms with Gasteiger partial charge in [-0.05, 0) is 47.0 Å². The number of nitrogens with zero attached hydrogens (tertiary/aromatic N) is 1. The Bertz CT molecular complexity index is 279. The second-order valence-electron chi connectivity index (χ2n) is 9.97. The summed E-state index contributed by atoms with van der Waals surface area (Å²) in [7, 11) is 0. The van der Waals surface area contributed by atoms with Gasteiger partial charge in [0.25, 0.3) is 0 Å². The third kappa shape index (κ3) is 28.3. The molecule has 0 unspecified atom stereocenters. The summed E-state index contributed by atoms with van der Waals surface area (Å²) in [6.07, 6.45) is 1.82. The van der Waals surface area contributed by atoms with E-state index in [2.05, 4.69) is 72.8 Å². The number of hydrogen-bond donors (Lipinski definition) is 1. The summed E-state index contributed by atoms with van der Waals surface area (Å²) < 4.78 is 0. The zero-order valence-electron chi connectivity index (χ0n) is 16.6. The van der Waals surface area contributed by atoms with E-state index in [9.17, 15) is 0 Å². The molecule has 0 heterocycles. The quantitative estimate of drug-likeness (QED) is 0.558. The molecule has 3 heteroatoms. The van der Waals surface area contributed by atoms with Gasteiger partial charge in [0.15, 0.2) is 0 Å². The summed E-state index contributed by atoms with van der Waals surface area (Å²) in [5.74, 6) is 0. The second-order valence-corrected chi connectivity index (χ2v) is 9.97. The van der Waals surface area contributed by atoms with Crippen molar-refractivity contribution in [1.29, 1.82) is 0 Å². The maximum atomic E-state index is 5.17. The van der Waals surface area contributed by atoms with Crippen molar-refractivity contribution in [3.05, 3.63) is 0 Å². The number of oxime groups is 1. The fraction of sp³-hybridized carbons (Fsp3) is 0.944. The van der Waals surface area contributed by atoms with E-state index in [0.29, 0.717) is 5.41 Å². The van der Waals surface area contributed by atoms with E-state index in [1.54, 1.807) is 0 Å². The Hall–Kier alpha value is -0.570. The van der Waals surface area contributed by atoms with Crippen LogP contribution in [0.4, 0.5) is 0 Å². The van der Waals surface area contributed by atoms with Gasteiger partial charge in [-0.2, -0.15) is 0 Å². The first-order valence-corrected chi connectivity index (χ1v) is 7.89. The maximum Gasteiger partial charge on any atom is 0.129 e. The number of nitrogens with one attached hydrogen (secondary N) is 1. The predicted molar refractivity (Wildman–Crippen MR) is 96.0 cm³/mol. The van der Waals surface area contributed by atoms with Crippen LogP contribution in [-0.4, -0.2) is 23.9 Å². The van der Waals surface area contributed by atoms with Gasteiger partial charge in [0.1, 0.15) is 5.60 Å². The fourth-order valence-electron chi connectivity index (χ4n) is 0.873. The van der Waals surface area contributed by atoms with E-state index >= 15 is 0 Å². The number of rotatable bonds is 2. The highest BCUT2D eigenvalue weighted by Gasteiger charge is 2.15. The van der Waals surface area contributed by atoms with Crippen molar-refractivity contribution in [3.63, 3.8) is 0 Å². The minimum Gasteiger partial charge on any atom is -0.390 e. The Balaban J connectivity index is 0. The third-order valence-corrected chi connectivity index (χ3v) is 1.92. The van der Waals surface area contributed by atoms with E-state index < -0.39 is 0 Å². The molecule has 0 aliphatic heterocycles. The molecule has 1 N–H and O–H groups in total. The van der Waals surface area contributed by atoms with Crippen molar-refractivity contribution in [2.24, 2.45) is 16.0 Å². The molecule has 0 saturated heterocycles. The van der Waals surface area contributed by atoms with E-state index in [0.717, 1.165) is 6.54 Å². The molecule has 0 rings (SSSR count). The average molecular weight is 301 g/mol. The molecule has 0 saturated carbocycles. The van der Waals surface area contributed by atoms with Crippen LogP contribution in [0.3, 0.4) is 0 Å². The minimum absolute atomic E-state index is 0.102. The first-order valence-electron chi connectivity index (χ1n) is 7.89. The van der Waals surface area contributed by atoms with Crippen molar-refractivity contribution < 1.29 is 4.84 Å². The van der Waals surface area contributed by atoms with Crippen LogP contribution in [0.2, 0.25) is 0 Å². The third-order valence-electron chi connectivity index (χ3n) is 1.92. The Morgan fingerprint density at radius 1 is 0.810 bits per heavy atom. The van der Waals surface area contributed by atoms with Gasteiger partial charge in [0.2, 0.25) is 0 Å². The summed E-state index contributed by atoms with van der Waals surface area (Å²) in [4.78, 5) is 5.17. The molecule has 0 bridgehead atoms. The van der Waals surface area contributed by atoms with Gasteiger partial charge in [-0.25, -0.2) is 0 Å². The maximum absolute atomic E-state index is 5.17. The first-order chi connectivity index (χ1) is 8.91. The van der Waals surface area contributed by atoms with E-state index in [4.69, 9.17) is 4.84 Å². The molecular weight excluding hydrogens is 260 g/mol. The first kappa shape index (κ1) is 22.7. The van der Waals surface area contributed by atoms with Crippen molar-refractivity contribution in [2.75, 3.05) is 6.54 Å². The minimum atomic E-state index is -0.179. The average Bonchev–Trinajstić information content (AvgIpc) is 2.09. The Labute approximate surface area is 133 Å². The lowest BCUT2D eigenvalue weighted by molar-refractivity contribution is 0.000756. The molecule has 0 aromatic rings. The lowest BCUT2D eigenvalue weighted by Gasteiger charge is -2.27. The SMILES string of the molecule is CC(C)(C)/C=N/OC(C)(C)C.CC(C)(C)CNC(C)(C)C. The van der Waals surface area contributed by atoms with Gasteiger partial charge in [0, 0.05) is 23.7 Å². The molecule has 0 atom stereocenters. The van der Waals surface area contributed by atoms with Gasteiger partial charge in [-0.15, -0.1) is 0 Å². The predicted octanol–water partition coefficient (Wildman–Crippen LogP) is 5.25. The summed E-state index contributed by atoms with van der Waals surface area (Å²) in [6, 6.07) is 0. The normalized spacial score (nSPS) is 13.9. The fourth-order valence-corrected chi connectivity index (χ4v) is 0.873. The topological polar surface area (TPSA) is 33.6 Å². The van der Waals surface area contributed by atoms with Crippen LogP contribution < -0.4 is 5.32 Å². The monoisotopic (exact) mass is 300 g/mol. The molecule has 0 radical (unpaired) electrons. The van der Waals surface area contributed by atoms with Crippen molar-refractivity contribution >= 4 is 6.21 Å². The molecule has 0 spiro atoms. The molecule has 0 aliphatic carbocycles. The van der Waals surface area contributed by atoms with Crippen LogP contribution in [0.25, 0.3) is 0 Å². The summed E-state index contributed by atoms with van der Waals surface area (Å²) in [5, 5.41) is 7.35. The Kier molecular flexibility index (Phi) is 8.83. The van der Waals surface area contributed by atoms with E-state index in [1.807, 2.05) is 27.0 Å². The molecular formula is C18H40N2O. The van der Waals surface area contributed by atoms with Gasteiger partial charge >= 0.3 is 0 Å². The molecule has 0 aliphatic rings. The molecule has 0 aromatic carbocycles. The van der Waals surface area contributed by atoms with Gasteiger partial charge < -0.3 is 10.2 Å². The highest BCUT2D eigenvalue weighted by Crippen LogP contribution is 2.13. The smallest absolute Gasteiger partial charge is 0.129 e. The van der Waals surface area contributed by atoms with Crippen LogP contribution >= 0.6 is 0 Å².